The van der Waals surface area contributed by atoms with E-state index in [2.05, 4.69) is 15.4 Å². The molecule has 0 bridgehead atoms. The molecule has 7 nitrogen and oxygen atoms in total. The zero-order valence-corrected chi connectivity index (χ0v) is 15.6. The summed E-state index contributed by atoms with van der Waals surface area (Å²) in [7, 11) is 0. The number of hydrogen-bond donors (Lipinski definition) is 2. The number of nitrogens with one attached hydrogen (secondary N) is 2. The number of urea groups is 1. The fraction of sp³-hybridized carbons (Fsp3) is 0.421. The van der Waals surface area contributed by atoms with E-state index in [1.807, 2.05) is 0 Å². The third kappa shape index (κ3) is 8.24. The van der Waals surface area contributed by atoms with Gasteiger partial charge in [-0.15, -0.1) is 13.2 Å². The molecule has 29 heavy (non-hydrogen) atoms. The van der Waals surface area contributed by atoms with Gasteiger partial charge in [0.15, 0.2) is 6.10 Å². The van der Waals surface area contributed by atoms with Crippen LogP contribution < -0.4 is 15.4 Å². The van der Waals surface area contributed by atoms with E-state index < -0.39 is 36.1 Å². The van der Waals surface area contributed by atoms with Crippen LogP contribution in [0.15, 0.2) is 30.3 Å². The summed E-state index contributed by atoms with van der Waals surface area (Å²) >= 11 is 0. The summed E-state index contributed by atoms with van der Waals surface area (Å²) in [4.78, 5) is 35.4. The van der Waals surface area contributed by atoms with Crippen LogP contribution in [-0.4, -0.2) is 36.4 Å². The molecule has 2 N–H and O–H groups in total. The molecular formula is C19H21F3N2O5. The summed E-state index contributed by atoms with van der Waals surface area (Å²) < 4.78 is 45.0. The first kappa shape index (κ1) is 22.3. The molecule has 1 saturated carbocycles. The monoisotopic (exact) mass is 414 g/mol. The van der Waals surface area contributed by atoms with Gasteiger partial charge < -0.3 is 14.8 Å². The number of amides is 3. The first-order chi connectivity index (χ1) is 13.6. The lowest BCUT2D eigenvalue weighted by atomic mass is 10.2. The average Bonchev–Trinajstić information content (AvgIpc) is 3.12. The van der Waals surface area contributed by atoms with Crippen molar-refractivity contribution in [1.82, 2.24) is 10.6 Å². The molecule has 1 aliphatic rings. The van der Waals surface area contributed by atoms with Gasteiger partial charge in [0.1, 0.15) is 5.75 Å². The maximum Gasteiger partial charge on any atom is 0.573 e. The van der Waals surface area contributed by atoms with Crippen LogP contribution in [0.4, 0.5) is 18.0 Å². The topological polar surface area (TPSA) is 93.7 Å². The van der Waals surface area contributed by atoms with E-state index in [1.54, 1.807) is 0 Å². The number of esters is 1. The lowest BCUT2D eigenvalue weighted by Gasteiger charge is -2.15. The predicted molar refractivity (Wildman–Crippen MR) is 96.6 cm³/mol. The van der Waals surface area contributed by atoms with Gasteiger partial charge in [0.2, 0.25) is 0 Å². The van der Waals surface area contributed by atoms with Crippen LogP contribution in [-0.2, 0) is 14.3 Å². The quantitative estimate of drug-likeness (QED) is 0.550. The highest BCUT2D eigenvalue weighted by atomic mass is 19.4. The van der Waals surface area contributed by atoms with Crippen molar-refractivity contribution < 1.29 is 37.0 Å². The molecule has 0 radical (unpaired) electrons. The number of rotatable bonds is 6. The Morgan fingerprint density at radius 3 is 2.34 bits per heavy atom. The van der Waals surface area contributed by atoms with Gasteiger partial charge in [-0.1, -0.05) is 25.0 Å². The molecule has 0 saturated heterocycles. The third-order valence-electron chi connectivity index (χ3n) is 4.11. The number of halogens is 3. The largest absolute Gasteiger partial charge is 0.573 e. The molecule has 1 fully saturated rings. The molecule has 1 atom stereocenters. The van der Waals surface area contributed by atoms with Crippen LogP contribution in [0.2, 0.25) is 0 Å². The summed E-state index contributed by atoms with van der Waals surface area (Å²) in [6.07, 6.45) is 0.101. The molecule has 0 unspecified atom stereocenters. The van der Waals surface area contributed by atoms with E-state index in [0.717, 1.165) is 43.9 Å². The molecule has 0 aromatic heterocycles. The van der Waals surface area contributed by atoms with Gasteiger partial charge in [0, 0.05) is 12.1 Å². The van der Waals surface area contributed by atoms with Crippen molar-refractivity contribution in [2.24, 2.45) is 0 Å². The Morgan fingerprint density at radius 2 is 1.76 bits per heavy atom. The number of alkyl halides is 3. The van der Waals surface area contributed by atoms with Crippen molar-refractivity contribution in [1.29, 1.82) is 0 Å². The summed E-state index contributed by atoms with van der Waals surface area (Å²) in [5.41, 5.74) is 0.421. The van der Waals surface area contributed by atoms with E-state index in [-0.39, 0.29) is 6.04 Å². The molecule has 1 aromatic rings. The zero-order chi connectivity index (χ0) is 21.4. The number of carbonyl (C=O) groups is 3. The zero-order valence-electron chi connectivity index (χ0n) is 15.6. The van der Waals surface area contributed by atoms with Crippen molar-refractivity contribution in [3.63, 3.8) is 0 Å². The predicted octanol–water partition coefficient (Wildman–Crippen LogP) is 3.30. The van der Waals surface area contributed by atoms with Crippen LogP contribution in [0.1, 0.15) is 38.2 Å². The Bertz CT molecular complexity index is 756. The van der Waals surface area contributed by atoms with Gasteiger partial charge in [-0.3, -0.25) is 10.1 Å². The van der Waals surface area contributed by atoms with Crippen molar-refractivity contribution >= 4 is 24.0 Å². The van der Waals surface area contributed by atoms with E-state index >= 15 is 0 Å². The molecule has 1 aliphatic carbocycles. The standard InChI is InChI=1S/C19H21F3N2O5/c1-12(17(26)24-18(27)23-14-4-2-3-5-14)28-16(25)11-8-13-6-9-15(10-7-13)29-19(20,21)22/h6-12,14H,2-5H2,1H3,(H2,23,24,26,27)/b11-8+/t12-/m0/s1. The minimum absolute atomic E-state index is 0.0384. The molecular weight excluding hydrogens is 393 g/mol. The maximum atomic E-state index is 12.1. The average molecular weight is 414 g/mol. The number of hydrogen-bond acceptors (Lipinski definition) is 5. The second-order valence-electron chi connectivity index (χ2n) is 6.47. The van der Waals surface area contributed by atoms with Crippen molar-refractivity contribution in [2.75, 3.05) is 0 Å². The Balaban J connectivity index is 1.78. The van der Waals surface area contributed by atoms with Gasteiger partial charge in [-0.25, -0.2) is 9.59 Å². The van der Waals surface area contributed by atoms with Crippen molar-refractivity contribution in [3.05, 3.63) is 35.9 Å². The minimum atomic E-state index is -4.79. The summed E-state index contributed by atoms with van der Waals surface area (Å²) in [5.74, 6) is -2.01. The van der Waals surface area contributed by atoms with Gasteiger partial charge in [-0.05, 0) is 43.5 Å². The second kappa shape index (κ2) is 9.94. The fourth-order valence-electron chi connectivity index (χ4n) is 2.72. The maximum absolute atomic E-state index is 12.1. The Hall–Kier alpha value is -3.04. The van der Waals surface area contributed by atoms with Crippen LogP contribution in [0.5, 0.6) is 5.75 Å². The second-order valence-corrected chi connectivity index (χ2v) is 6.47. The van der Waals surface area contributed by atoms with Gasteiger partial charge >= 0.3 is 18.4 Å². The molecule has 0 aliphatic heterocycles. The van der Waals surface area contributed by atoms with Crippen LogP contribution in [0.25, 0.3) is 6.08 Å². The van der Waals surface area contributed by atoms with Gasteiger partial charge in [0.25, 0.3) is 5.91 Å². The minimum Gasteiger partial charge on any atom is -0.449 e. The molecule has 0 spiro atoms. The molecule has 10 heteroatoms. The third-order valence-corrected chi connectivity index (χ3v) is 4.11. The summed E-state index contributed by atoms with van der Waals surface area (Å²) in [6.45, 7) is 1.31. The normalized spacial score (nSPS) is 15.7. The highest BCUT2D eigenvalue weighted by Gasteiger charge is 2.30. The Kier molecular flexibility index (Phi) is 7.63. The highest BCUT2D eigenvalue weighted by Crippen LogP contribution is 2.23. The van der Waals surface area contributed by atoms with Crippen LogP contribution in [0.3, 0.4) is 0 Å². The smallest absolute Gasteiger partial charge is 0.449 e. The summed E-state index contributed by atoms with van der Waals surface area (Å²) in [6, 6.07) is 4.22. The number of imide groups is 1. The first-order valence-corrected chi connectivity index (χ1v) is 8.98. The van der Waals surface area contributed by atoms with Gasteiger partial charge in [0.05, 0.1) is 0 Å². The summed E-state index contributed by atoms with van der Waals surface area (Å²) in [5, 5.41) is 4.79. The van der Waals surface area contributed by atoms with E-state index in [9.17, 15) is 27.6 Å². The first-order valence-electron chi connectivity index (χ1n) is 8.98. The van der Waals surface area contributed by atoms with Crippen molar-refractivity contribution in [3.8, 4) is 5.75 Å². The highest BCUT2D eigenvalue weighted by molar-refractivity contribution is 5.98. The van der Waals surface area contributed by atoms with Gasteiger partial charge in [-0.2, -0.15) is 0 Å². The molecule has 0 heterocycles. The molecule has 3 amide bonds. The van der Waals surface area contributed by atoms with Crippen LogP contribution >= 0.6 is 0 Å². The Labute approximate surface area is 165 Å². The molecule has 158 valence electrons. The number of carbonyl (C=O) groups excluding carboxylic acids is 3. The number of ether oxygens (including phenoxy) is 2. The van der Waals surface area contributed by atoms with E-state index in [4.69, 9.17) is 4.74 Å². The van der Waals surface area contributed by atoms with E-state index in [1.165, 1.54) is 25.1 Å². The Morgan fingerprint density at radius 1 is 1.14 bits per heavy atom. The van der Waals surface area contributed by atoms with E-state index in [0.29, 0.717) is 5.56 Å². The molecule has 1 aromatic carbocycles. The van der Waals surface area contributed by atoms with Crippen molar-refractivity contribution in [2.45, 2.75) is 51.1 Å². The SMILES string of the molecule is C[C@H](OC(=O)/C=C/c1ccc(OC(F)(F)F)cc1)C(=O)NC(=O)NC1CCCC1. The van der Waals surface area contributed by atoms with Crippen LogP contribution in [0, 0.1) is 0 Å². The molecule has 2 rings (SSSR count). The lowest BCUT2D eigenvalue weighted by molar-refractivity contribution is -0.274. The lowest BCUT2D eigenvalue weighted by Crippen LogP contribution is -2.47. The fourth-order valence-corrected chi connectivity index (χ4v) is 2.72. The number of benzene rings is 1.